The largest absolute Gasteiger partial charge is 0.357 e. The first-order valence-corrected chi connectivity index (χ1v) is 9.87. The minimum absolute atomic E-state index is 0.261. The summed E-state index contributed by atoms with van der Waals surface area (Å²) in [5, 5.41) is 4.23. The molecule has 0 aliphatic rings. The molecule has 0 fully saturated rings. The summed E-state index contributed by atoms with van der Waals surface area (Å²) in [6, 6.07) is 10.4. The number of anilines is 1. The van der Waals surface area contributed by atoms with Crippen LogP contribution in [0.2, 0.25) is 10.0 Å². The fraction of sp³-hybridized carbons (Fsp3) is 0.312. The average Bonchev–Trinajstić information content (AvgIpc) is 2.56. The Bertz CT molecular complexity index is 685. The van der Waals surface area contributed by atoms with Crippen LogP contribution in [0.25, 0.3) is 0 Å². The van der Waals surface area contributed by atoms with Gasteiger partial charge in [0, 0.05) is 11.2 Å². The highest BCUT2D eigenvalue weighted by Crippen LogP contribution is 2.60. The predicted molar refractivity (Wildman–Crippen MR) is 97.9 cm³/mol. The van der Waals surface area contributed by atoms with Crippen LogP contribution in [-0.4, -0.2) is 18.2 Å². The second-order valence-corrected chi connectivity index (χ2v) is 7.82. The van der Waals surface area contributed by atoms with Crippen LogP contribution in [0.15, 0.2) is 42.6 Å². The van der Waals surface area contributed by atoms with Gasteiger partial charge in [-0.05, 0) is 43.7 Å². The van der Waals surface area contributed by atoms with Crippen molar-refractivity contribution in [1.29, 1.82) is 0 Å². The molecule has 0 spiro atoms. The van der Waals surface area contributed by atoms with E-state index in [0.717, 1.165) is 5.56 Å². The highest BCUT2D eigenvalue weighted by atomic mass is 35.5. The first-order chi connectivity index (χ1) is 11.5. The molecule has 8 heteroatoms. The number of nitrogens with one attached hydrogen (secondary N) is 1. The van der Waals surface area contributed by atoms with E-state index in [2.05, 4.69) is 10.3 Å². The topological polar surface area (TPSA) is 60.5 Å². The van der Waals surface area contributed by atoms with Crippen LogP contribution in [0.3, 0.4) is 0 Å². The third kappa shape index (κ3) is 4.95. The number of aromatic nitrogens is 1. The molecule has 24 heavy (non-hydrogen) atoms. The Morgan fingerprint density at radius 1 is 1.04 bits per heavy atom. The lowest BCUT2D eigenvalue weighted by Crippen LogP contribution is -2.16. The van der Waals surface area contributed by atoms with Crippen LogP contribution in [0.1, 0.15) is 25.2 Å². The molecule has 0 bridgehead atoms. The van der Waals surface area contributed by atoms with Crippen molar-refractivity contribution in [1.82, 2.24) is 4.98 Å². The number of benzene rings is 1. The first-order valence-electron chi connectivity index (χ1n) is 7.51. The van der Waals surface area contributed by atoms with Crippen molar-refractivity contribution in [2.75, 3.05) is 18.5 Å². The van der Waals surface area contributed by atoms with E-state index in [0.29, 0.717) is 15.9 Å². The number of hydrogen-bond acceptors (Lipinski definition) is 5. The van der Waals surface area contributed by atoms with E-state index in [1.165, 1.54) is 6.20 Å². The zero-order valence-electron chi connectivity index (χ0n) is 13.4. The van der Waals surface area contributed by atoms with Crippen molar-refractivity contribution < 1.29 is 13.6 Å². The SMILES string of the molecule is CCOP(=O)(OCC)C(Nc1ccc(Cl)cn1)c1ccc(Cl)cc1. The summed E-state index contributed by atoms with van der Waals surface area (Å²) in [6.45, 7) is 4.06. The summed E-state index contributed by atoms with van der Waals surface area (Å²) < 4.78 is 24.3. The average molecular weight is 389 g/mol. The molecular formula is C16H19Cl2N2O3P. The van der Waals surface area contributed by atoms with E-state index in [1.54, 1.807) is 50.2 Å². The van der Waals surface area contributed by atoms with Crippen LogP contribution in [0.5, 0.6) is 0 Å². The van der Waals surface area contributed by atoms with E-state index in [1.807, 2.05) is 0 Å². The third-order valence-corrected chi connectivity index (χ3v) is 5.90. The van der Waals surface area contributed by atoms with E-state index >= 15 is 0 Å². The van der Waals surface area contributed by atoms with Gasteiger partial charge in [0.1, 0.15) is 5.82 Å². The summed E-state index contributed by atoms with van der Waals surface area (Å²) >= 11 is 11.8. The standard InChI is InChI=1S/C16H19Cl2N2O3P/c1-3-22-24(21,23-4-2)16(12-5-7-13(17)8-6-12)20-15-10-9-14(18)11-19-15/h5-11,16H,3-4H2,1-2H3,(H,19,20). The molecule has 2 aromatic rings. The van der Waals surface area contributed by atoms with Gasteiger partial charge in [-0.1, -0.05) is 35.3 Å². The Morgan fingerprint density at radius 3 is 2.12 bits per heavy atom. The van der Waals surface area contributed by atoms with E-state index in [-0.39, 0.29) is 13.2 Å². The van der Waals surface area contributed by atoms with Crippen molar-refractivity contribution in [3.63, 3.8) is 0 Å². The lowest BCUT2D eigenvalue weighted by atomic mass is 10.2. The van der Waals surface area contributed by atoms with Gasteiger partial charge in [-0.2, -0.15) is 0 Å². The molecule has 0 saturated heterocycles. The molecule has 5 nitrogen and oxygen atoms in total. The van der Waals surface area contributed by atoms with E-state index < -0.39 is 13.4 Å². The molecule has 0 saturated carbocycles. The fourth-order valence-electron chi connectivity index (χ4n) is 2.14. The van der Waals surface area contributed by atoms with Crippen molar-refractivity contribution in [3.05, 3.63) is 58.2 Å². The maximum atomic E-state index is 13.3. The Hall–Kier alpha value is -1.10. The molecule has 0 aliphatic carbocycles. The number of pyridine rings is 1. The van der Waals surface area contributed by atoms with Gasteiger partial charge in [0.05, 0.1) is 18.2 Å². The highest BCUT2D eigenvalue weighted by molar-refractivity contribution is 7.54. The Balaban J connectivity index is 2.41. The predicted octanol–water partition coefficient (Wildman–Crippen LogP) is 5.77. The zero-order valence-corrected chi connectivity index (χ0v) is 15.8. The molecule has 130 valence electrons. The Morgan fingerprint density at radius 2 is 1.62 bits per heavy atom. The molecule has 1 heterocycles. The summed E-state index contributed by atoms with van der Waals surface area (Å²) in [4.78, 5) is 4.19. The molecule has 1 N–H and O–H groups in total. The Kier molecular flexibility index (Phi) is 7.08. The maximum absolute atomic E-state index is 13.3. The summed E-state index contributed by atoms with van der Waals surface area (Å²) in [7, 11) is -3.47. The molecular weight excluding hydrogens is 370 g/mol. The summed E-state index contributed by atoms with van der Waals surface area (Å²) in [5.74, 6) is -0.206. The summed E-state index contributed by atoms with van der Waals surface area (Å²) in [5.41, 5.74) is 0.724. The van der Waals surface area contributed by atoms with Crippen LogP contribution >= 0.6 is 30.8 Å². The van der Waals surface area contributed by atoms with Crippen LogP contribution < -0.4 is 5.32 Å². The van der Waals surface area contributed by atoms with Gasteiger partial charge in [-0.15, -0.1) is 0 Å². The monoisotopic (exact) mass is 388 g/mol. The fourth-order valence-corrected chi connectivity index (χ4v) is 4.30. The number of halogens is 2. The van der Waals surface area contributed by atoms with Gasteiger partial charge >= 0.3 is 7.60 Å². The Labute approximate surface area is 151 Å². The second kappa shape index (κ2) is 8.84. The second-order valence-electron chi connectivity index (χ2n) is 4.84. The summed E-state index contributed by atoms with van der Waals surface area (Å²) in [6.07, 6.45) is 1.51. The van der Waals surface area contributed by atoms with Crippen molar-refractivity contribution in [2.24, 2.45) is 0 Å². The number of nitrogens with zero attached hydrogens (tertiary/aromatic N) is 1. The molecule has 1 unspecified atom stereocenters. The third-order valence-electron chi connectivity index (χ3n) is 3.13. The van der Waals surface area contributed by atoms with Crippen molar-refractivity contribution in [2.45, 2.75) is 19.6 Å². The zero-order chi connectivity index (χ0) is 17.6. The van der Waals surface area contributed by atoms with Crippen LogP contribution in [0.4, 0.5) is 5.82 Å². The van der Waals surface area contributed by atoms with Crippen LogP contribution in [0, 0.1) is 0 Å². The molecule has 0 aliphatic heterocycles. The van der Waals surface area contributed by atoms with Crippen molar-refractivity contribution >= 4 is 36.6 Å². The van der Waals surface area contributed by atoms with Crippen molar-refractivity contribution in [3.8, 4) is 0 Å². The van der Waals surface area contributed by atoms with Gasteiger partial charge in [0.15, 0.2) is 5.78 Å². The number of hydrogen-bond donors (Lipinski definition) is 1. The molecule has 1 aromatic carbocycles. The smallest absolute Gasteiger partial charge is 0.353 e. The molecule has 1 aromatic heterocycles. The first kappa shape index (κ1) is 19.2. The molecule has 0 amide bonds. The van der Waals surface area contributed by atoms with Crippen LogP contribution in [-0.2, 0) is 13.6 Å². The molecule has 1 atom stereocenters. The van der Waals surface area contributed by atoms with Gasteiger partial charge in [-0.25, -0.2) is 4.98 Å². The van der Waals surface area contributed by atoms with E-state index in [9.17, 15) is 4.57 Å². The molecule has 2 rings (SSSR count). The van der Waals surface area contributed by atoms with E-state index in [4.69, 9.17) is 32.2 Å². The maximum Gasteiger partial charge on any atom is 0.357 e. The lowest BCUT2D eigenvalue weighted by Gasteiger charge is -2.27. The number of rotatable bonds is 8. The van der Waals surface area contributed by atoms with Gasteiger partial charge in [-0.3, -0.25) is 4.57 Å². The quantitative estimate of drug-likeness (QED) is 0.582. The van der Waals surface area contributed by atoms with Gasteiger partial charge < -0.3 is 14.4 Å². The highest BCUT2D eigenvalue weighted by Gasteiger charge is 2.37. The van der Waals surface area contributed by atoms with Gasteiger partial charge in [0.2, 0.25) is 0 Å². The lowest BCUT2D eigenvalue weighted by molar-refractivity contribution is 0.214. The minimum atomic E-state index is -3.47. The minimum Gasteiger partial charge on any atom is -0.353 e. The molecule has 0 radical (unpaired) electrons. The normalized spacial score (nSPS) is 12.8. The van der Waals surface area contributed by atoms with Gasteiger partial charge in [0.25, 0.3) is 0 Å².